The van der Waals surface area contributed by atoms with E-state index in [2.05, 4.69) is 10.5 Å². The topological polar surface area (TPSA) is 92.5 Å². The first-order valence-corrected chi connectivity index (χ1v) is 1.78. The minimum absolute atomic E-state index is 0. The first-order valence-electron chi connectivity index (χ1n) is 1.78. The van der Waals surface area contributed by atoms with Gasteiger partial charge in [0, 0.05) is 0 Å². The zero-order chi connectivity index (χ0) is 6.57. The minimum Gasteiger partial charge on any atom is -0.483 e. The van der Waals surface area contributed by atoms with Crippen molar-refractivity contribution >= 4 is 12.1 Å². The first-order chi connectivity index (χ1) is 3.66. The van der Waals surface area contributed by atoms with Gasteiger partial charge in [-0.15, -0.1) is 0 Å². The molecule has 46 valence electrons. The summed E-state index contributed by atoms with van der Waals surface area (Å²) < 4.78 is 3.44. The van der Waals surface area contributed by atoms with Gasteiger partial charge < -0.3 is 20.4 Å². The quantitative estimate of drug-likeness (QED) is 0.224. The maximum absolute atomic E-state index is 9.85. The average molecular weight is 141 g/mol. The third kappa shape index (κ3) is 7.90. The van der Waals surface area contributed by atoms with E-state index in [4.69, 9.17) is 0 Å². The van der Waals surface area contributed by atoms with Crippen LogP contribution < -0.4 is 40.4 Å². The van der Waals surface area contributed by atoms with E-state index < -0.39 is 18.7 Å². The van der Waals surface area contributed by atoms with Crippen LogP contribution in [-0.2, 0) is 9.53 Å². The van der Waals surface area contributed by atoms with Gasteiger partial charge in [0.05, 0.1) is 6.54 Å². The van der Waals surface area contributed by atoms with Crippen LogP contribution in [0.15, 0.2) is 0 Å². The Bertz CT molecular complexity index is 114. The van der Waals surface area contributed by atoms with Gasteiger partial charge in [0.1, 0.15) is 0 Å². The Hall–Kier alpha value is -0.100. The zero-order valence-electron chi connectivity index (χ0n) is 4.92. The van der Waals surface area contributed by atoms with Crippen molar-refractivity contribution in [2.75, 3.05) is 6.54 Å². The molecule has 0 aliphatic rings. The van der Waals surface area contributed by atoms with Gasteiger partial charge in [-0.3, -0.25) is 4.79 Å². The molecule has 0 aromatic carbocycles. The summed E-state index contributed by atoms with van der Waals surface area (Å²) >= 11 is 0. The third-order valence-electron chi connectivity index (χ3n) is 0.364. The van der Waals surface area contributed by atoms with Gasteiger partial charge in [-0.2, -0.15) is 0 Å². The van der Waals surface area contributed by atoms with E-state index in [9.17, 15) is 14.7 Å². The smallest absolute Gasteiger partial charge is 0.483 e. The molecule has 0 radical (unpaired) electrons. The third-order valence-corrected chi connectivity index (χ3v) is 0.364. The van der Waals surface area contributed by atoms with Crippen LogP contribution in [0.3, 0.4) is 0 Å². The second-order valence-electron chi connectivity index (χ2n) is 0.928. The number of carbonyl (C=O) groups is 2. The predicted molar refractivity (Wildman–Crippen MR) is 20.5 cm³/mol. The molecule has 0 aromatic heterocycles. The van der Waals surface area contributed by atoms with Crippen LogP contribution in [-0.4, -0.2) is 18.7 Å². The number of esters is 1. The summed E-state index contributed by atoms with van der Waals surface area (Å²) in [6.07, 6.45) is -1.87. The number of ether oxygens (including phenoxy) is 1. The second kappa shape index (κ2) is 6.03. The van der Waals surface area contributed by atoms with Crippen LogP contribution in [0.5, 0.6) is 0 Å². The largest absolute Gasteiger partial charge is 1.00 e. The van der Waals surface area contributed by atoms with Crippen molar-refractivity contribution in [2.24, 2.45) is 5.73 Å². The molecule has 0 heterocycles. The van der Waals surface area contributed by atoms with E-state index in [0.717, 1.165) is 0 Å². The molecule has 0 saturated carbocycles. The van der Waals surface area contributed by atoms with Crippen molar-refractivity contribution in [2.45, 2.75) is 0 Å². The van der Waals surface area contributed by atoms with E-state index in [1.54, 1.807) is 0 Å². The molecule has 0 unspecified atom stereocenters. The molecule has 0 aliphatic carbocycles. The Morgan fingerprint density at radius 1 is 1.56 bits per heavy atom. The van der Waals surface area contributed by atoms with Gasteiger partial charge in [-0.05, 0) is 0 Å². The Morgan fingerprint density at radius 2 is 2.00 bits per heavy atom. The standard InChI is InChI=1S/C3H5NO4.Na/c4-1-2(5)8-3(6)7;/h1,4H2,(H,6,7);/q;+1/p-1. The molecule has 2 N–H and O–H groups in total. The maximum Gasteiger partial charge on any atom is 1.00 e. The molecule has 6 heteroatoms. The summed E-state index contributed by atoms with van der Waals surface area (Å²) in [6.45, 7) is -0.450. The Balaban J connectivity index is 0. The molecule has 5 nitrogen and oxygen atoms in total. The minimum atomic E-state index is -1.87. The van der Waals surface area contributed by atoms with E-state index in [0.29, 0.717) is 0 Å². The van der Waals surface area contributed by atoms with E-state index >= 15 is 0 Å². The molecule has 0 rings (SSSR count). The molecule has 0 atom stereocenters. The molecule has 0 fully saturated rings. The monoisotopic (exact) mass is 141 g/mol. The zero-order valence-corrected chi connectivity index (χ0v) is 6.92. The maximum atomic E-state index is 9.85. The van der Waals surface area contributed by atoms with Gasteiger partial charge in [-0.1, -0.05) is 0 Å². The predicted octanol–water partition coefficient (Wildman–Crippen LogP) is -5.16. The van der Waals surface area contributed by atoms with E-state index in [1.807, 2.05) is 0 Å². The Labute approximate surface area is 73.5 Å². The summed E-state index contributed by atoms with van der Waals surface area (Å²) in [5.74, 6) is -1.01. The van der Waals surface area contributed by atoms with Gasteiger partial charge >= 0.3 is 29.6 Å². The van der Waals surface area contributed by atoms with Crippen LogP contribution in [0.4, 0.5) is 4.79 Å². The summed E-state index contributed by atoms with van der Waals surface area (Å²) in [6, 6.07) is 0. The van der Waals surface area contributed by atoms with E-state index in [1.165, 1.54) is 0 Å². The number of hydrogen-bond donors (Lipinski definition) is 1. The molecule has 0 saturated heterocycles. The number of rotatable bonds is 1. The van der Waals surface area contributed by atoms with Crippen LogP contribution in [0.2, 0.25) is 0 Å². The fraction of sp³-hybridized carbons (Fsp3) is 0.333. The van der Waals surface area contributed by atoms with Crippen LogP contribution in [0.25, 0.3) is 0 Å². The molecular formula is C3H4NNaO4. The fourth-order valence-electron chi connectivity index (χ4n) is 0.135. The molecule has 0 aliphatic heterocycles. The van der Waals surface area contributed by atoms with Crippen LogP contribution in [0, 0.1) is 0 Å². The van der Waals surface area contributed by atoms with Gasteiger partial charge in [0.2, 0.25) is 0 Å². The van der Waals surface area contributed by atoms with Crippen LogP contribution >= 0.6 is 0 Å². The molecule has 0 amide bonds. The molecule has 0 spiro atoms. The van der Waals surface area contributed by atoms with Gasteiger partial charge in [0.25, 0.3) is 12.1 Å². The first kappa shape index (κ1) is 11.7. The summed E-state index contributed by atoms with van der Waals surface area (Å²) in [5, 5.41) is 9.36. The Kier molecular flexibility index (Phi) is 7.81. The van der Waals surface area contributed by atoms with Crippen LogP contribution in [0.1, 0.15) is 0 Å². The average Bonchev–Trinajstić information content (AvgIpc) is 1.65. The molecule has 0 bridgehead atoms. The molecule has 0 aromatic rings. The van der Waals surface area contributed by atoms with Crippen molar-refractivity contribution in [1.29, 1.82) is 0 Å². The summed E-state index contributed by atoms with van der Waals surface area (Å²) in [4.78, 5) is 19.2. The van der Waals surface area contributed by atoms with Crippen molar-refractivity contribution < 1.29 is 49.0 Å². The second-order valence-corrected chi connectivity index (χ2v) is 0.928. The number of nitrogens with two attached hydrogens (primary N) is 1. The summed E-state index contributed by atoms with van der Waals surface area (Å²) in [5.41, 5.74) is 4.65. The van der Waals surface area contributed by atoms with Crippen molar-refractivity contribution in [1.82, 2.24) is 0 Å². The normalized spacial score (nSPS) is 7.22. The Morgan fingerprint density at radius 3 is 2.11 bits per heavy atom. The molecular weight excluding hydrogens is 137 g/mol. The van der Waals surface area contributed by atoms with Crippen molar-refractivity contribution in [3.05, 3.63) is 0 Å². The van der Waals surface area contributed by atoms with Crippen molar-refractivity contribution in [3.63, 3.8) is 0 Å². The number of hydrogen-bond acceptors (Lipinski definition) is 5. The van der Waals surface area contributed by atoms with Gasteiger partial charge in [-0.25, -0.2) is 0 Å². The number of carboxylic acid groups (broad SMARTS) is 1. The SMILES string of the molecule is NCC(=O)OC(=O)[O-].[Na+]. The van der Waals surface area contributed by atoms with Gasteiger partial charge in [0.15, 0.2) is 0 Å². The number of carbonyl (C=O) groups excluding carboxylic acids is 2. The fourth-order valence-corrected chi connectivity index (χ4v) is 0.135. The van der Waals surface area contributed by atoms with E-state index in [-0.39, 0.29) is 29.6 Å². The molecule has 9 heavy (non-hydrogen) atoms. The summed E-state index contributed by atoms with van der Waals surface area (Å²) in [7, 11) is 0. The van der Waals surface area contributed by atoms with Crippen molar-refractivity contribution in [3.8, 4) is 0 Å².